The molecule has 1 aromatic carbocycles. The third-order valence-corrected chi connectivity index (χ3v) is 3.89. The number of benzene rings is 1. The van der Waals surface area contributed by atoms with Gasteiger partial charge in [0.1, 0.15) is 5.76 Å². The van der Waals surface area contributed by atoms with Crippen LogP contribution in [0.5, 0.6) is 0 Å². The summed E-state index contributed by atoms with van der Waals surface area (Å²) in [6.45, 7) is 2.42. The average molecular weight is 351 g/mol. The molecule has 1 amide bonds. The molecule has 1 aromatic heterocycles. The van der Waals surface area contributed by atoms with Crippen LogP contribution in [0, 0.1) is 6.92 Å². The smallest absolute Gasteiger partial charge is 0.251 e. The lowest BCUT2D eigenvalue weighted by atomic mass is 10.1. The second-order valence-corrected chi connectivity index (χ2v) is 6.08. The number of hydrogen-bond donors (Lipinski definition) is 1. The van der Waals surface area contributed by atoms with E-state index in [-0.39, 0.29) is 11.9 Å². The van der Waals surface area contributed by atoms with Gasteiger partial charge in [-0.05, 0) is 50.8 Å². The van der Waals surface area contributed by atoms with Crippen LogP contribution in [0.25, 0.3) is 0 Å². The second-order valence-electron chi connectivity index (χ2n) is 5.16. The predicted octanol–water partition coefficient (Wildman–Crippen LogP) is 3.38. The van der Waals surface area contributed by atoms with E-state index >= 15 is 0 Å². The van der Waals surface area contributed by atoms with Crippen molar-refractivity contribution in [3.05, 3.63) is 58.0 Å². The minimum absolute atomic E-state index is 0.0106. The molecular weight excluding hydrogens is 332 g/mol. The third-order valence-electron chi connectivity index (χ3n) is 3.40. The summed E-state index contributed by atoms with van der Waals surface area (Å²) in [5, 5.41) is 2.98. The summed E-state index contributed by atoms with van der Waals surface area (Å²) in [6, 6.07) is 9.47. The highest BCUT2D eigenvalue weighted by molar-refractivity contribution is 9.10. The number of halogens is 1. The lowest BCUT2D eigenvalue weighted by molar-refractivity contribution is 0.0938. The zero-order valence-electron chi connectivity index (χ0n) is 12.4. The van der Waals surface area contributed by atoms with E-state index in [0.29, 0.717) is 12.1 Å². The zero-order chi connectivity index (χ0) is 15.4. The fourth-order valence-electron chi connectivity index (χ4n) is 2.14. The van der Waals surface area contributed by atoms with E-state index in [1.807, 2.05) is 56.3 Å². The molecule has 1 unspecified atom stereocenters. The van der Waals surface area contributed by atoms with Crippen LogP contribution in [-0.4, -0.2) is 31.4 Å². The first-order chi connectivity index (χ1) is 9.99. The first kappa shape index (κ1) is 15.8. The van der Waals surface area contributed by atoms with E-state index in [0.717, 1.165) is 15.8 Å². The average Bonchev–Trinajstić information content (AvgIpc) is 2.95. The Bertz CT molecular complexity index is 609. The Kier molecular flexibility index (Phi) is 5.20. The van der Waals surface area contributed by atoms with Gasteiger partial charge in [-0.15, -0.1) is 0 Å². The Morgan fingerprint density at radius 3 is 2.76 bits per heavy atom. The first-order valence-corrected chi connectivity index (χ1v) is 7.52. The number of nitrogens with one attached hydrogen (secondary N) is 1. The van der Waals surface area contributed by atoms with Crippen molar-refractivity contribution in [2.45, 2.75) is 13.0 Å². The minimum atomic E-state index is -0.0767. The molecule has 0 aliphatic rings. The number of rotatable bonds is 5. The second kappa shape index (κ2) is 6.91. The molecule has 0 saturated heterocycles. The Morgan fingerprint density at radius 2 is 2.14 bits per heavy atom. The minimum Gasteiger partial charge on any atom is -0.468 e. The summed E-state index contributed by atoms with van der Waals surface area (Å²) in [6.07, 6.45) is 1.64. The van der Waals surface area contributed by atoms with Gasteiger partial charge in [0.15, 0.2) is 0 Å². The van der Waals surface area contributed by atoms with Gasteiger partial charge in [-0.3, -0.25) is 9.69 Å². The quantitative estimate of drug-likeness (QED) is 0.898. The van der Waals surface area contributed by atoms with Crippen molar-refractivity contribution >= 4 is 21.8 Å². The molecule has 0 saturated carbocycles. The molecule has 1 heterocycles. The van der Waals surface area contributed by atoms with Gasteiger partial charge < -0.3 is 9.73 Å². The number of carbonyl (C=O) groups is 1. The number of aryl methyl sites for hydroxylation is 1. The van der Waals surface area contributed by atoms with Crippen LogP contribution in [0.2, 0.25) is 0 Å². The molecule has 0 bridgehead atoms. The number of hydrogen-bond acceptors (Lipinski definition) is 3. The van der Waals surface area contributed by atoms with Crippen molar-refractivity contribution < 1.29 is 9.21 Å². The molecule has 1 N–H and O–H groups in total. The molecule has 5 heteroatoms. The Balaban J connectivity index is 2.07. The molecule has 0 spiro atoms. The van der Waals surface area contributed by atoms with Crippen molar-refractivity contribution in [1.82, 2.24) is 10.2 Å². The maximum absolute atomic E-state index is 12.3. The number of nitrogens with zero attached hydrogens (tertiary/aromatic N) is 1. The summed E-state index contributed by atoms with van der Waals surface area (Å²) in [4.78, 5) is 14.4. The van der Waals surface area contributed by atoms with Gasteiger partial charge in [-0.2, -0.15) is 0 Å². The molecule has 0 radical (unpaired) electrons. The highest BCUT2D eigenvalue weighted by Crippen LogP contribution is 2.19. The van der Waals surface area contributed by atoms with Crippen molar-refractivity contribution in [3.63, 3.8) is 0 Å². The number of carbonyl (C=O) groups excluding carboxylic acids is 1. The maximum atomic E-state index is 12.3. The van der Waals surface area contributed by atoms with Gasteiger partial charge >= 0.3 is 0 Å². The lowest BCUT2D eigenvalue weighted by Gasteiger charge is -2.22. The van der Waals surface area contributed by atoms with Gasteiger partial charge in [0.25, 0.3) is 5.91 Å². The van der Waals surface area contributed by atoms with Crippen LogP contribution in [0.15, 0.2) is 45.5 Å². The fourth-order valence-corrected chi connectivity index (χ4v) is 2.50. The Labute approximate surface area is 133 Å². The highest BCUT2D eigenvalue weighted by Gasteiger charge is 2.18. The van der Waals surface area contributed by atoms with Crippen LogP contribution in [0.3, 0.4) is 0 Å². The van der Waals surface area contributed by atoms with Gasteiger partial charge in [0.05, 0.1) is 12.3 Å². The Morgan fingerprint density at radius 1 is 1.38 bits per heavy atom. The highest BCUT2D eigenvalue weighted by atomic mass is 79.9. The van der Waals surface area contributed by atoms with Crippen molar-refractivity contribution in [3.8, 4) is 0 Å². The molecule has 112 valence electrons. The molecule has 21 heavy (non-hydrogen) atoms. The van der Waals surface area contributed by atoms with Crippen LogP contribution < -0.4 is 5.32 Å². The molecule has 0 aliphatic carbocycles. The maximum Gasteiger partial charge on any atom is 0.251 e. The lowest BCUT2D eigenvalue weighted by Crippen LogP contribution is -2.34. The van der Waals surface area contributed by atoms with E-state index in [9.17, 15) is 4.79 Å². The van der Waals surface area contributed by atoms with Gasteiger partial charge in [-0.25, -0.2) is 0 Å². The van der Waals surface area contributed by atoms with Crippen LogP contribution in [0.4, 0.5) is 0 Å². The van der Waals surface area contributed by atoms with Crippen molar-refractivity contribution in [2.24, 2.45) is 0 Å². The van der Waals surface area contributed by atoms with Gasteiger partial charge in [0.2, 0.25) is 0 Å². The van der Waals surface area contributed by atoms with E-state index < -0.39 is 0 Å². The van der Waals surface area contributed by atoms with Crippen LogP contribution in [0.1, 0.15) is 27.7 Å². The van der Waals surface area contributed by atoms with Crippen LogP contribution >= 0.6 is 15.9 Å². The fraction of sp³-hybridized carbons (Fsp3) is 0.312. The van der Waals surface area contributed by atoms with Crippen molar-refractivity contribution in [1.29, 1.82) is 0 Å². The third kappa shape index (κ3) is 3.95. The summed E-state index contributed by atoms with van der Waals surface area (Å²) in [7, 11) is 3.92. The van der Waals surface area contributed by atoms with E-state index in [2.05, 4.69) is 21.2 Å². The summed E-state index contributed by atoms with van der Waals surface area (Å²) in [5.41, 5.74) is 1.64. The monoisotopic (exact) mass is 350 g/mol. The molecule has 2 rings (SSSR count). The zero-order valence-corrected chi connectivity index (χ0v) is 14.0. The molecular formula is C16H19BrN2O2. The summed E-state index contributed by atoms with van der Waals surface area (Å²) in [5.74, 6) is 0.762. The molecule has 0 aliphatic heterocycles. The molecule has 1 atom stereocenters. The predicted molar refractivity (Wildman–Crippen MR) is 86.3 cm³/mol. The summed E-state index contributed by atoms with van der Waals surface area (Å²) < 4.78 is 6.33. The number of likely N-dealkylation sites (N-methyl/N-ethyl adjacent to an activating group) is 1. The van der Waals surface area contributed by atoms with Crippen molar-refractivity contribution in [2.75, 3.05) is 20.6 Å². The standard InChI is InChI=1S/C16H19BrN2O2/c1-11-6-7-12(17)9-13(11)16(20)18-10-14(19(2)3)15-5-4-8-21-15/h4-9,14H,10H2,1-3H3,(H,18,20). The topological polar surface area (TPSA) is 45.5 Å². The van der Waals surface area contributed by atoms with Gasteiger partial charge in [-0.1, -0.05) is 22.0 Å². The summed E-state index contributed by atoms with van der Waals surface area (Å²) >= 11 is 3.40. The van der Waals surface area contributed by atoms with E-state index in [4.69, 9.17) is 4.42 Å². The largest absolute Gasteiger partial charge is 0.468 e. The van der Waals surface area contributed by atoms with Crippen LogP contribution in [-0.2, 0) is 0 Å². The Hall–Kier alpha value is -1.59. The number of amides is 1. The molecule has 2 aromatic rings. The van der Waals surface area contributed by atoms with Gasteiger partial charge in [0, 0.05) is 16.6 Å². The van der Waals surface area contributed by atoms with E-state index in [1.165, 1.54) is 0 Å². The SMILES string of the molecule is Cc1ccc(Br)cc1C(=O)NCC(c1ccco1)N(C)C. The number of furan rings is 1. The van der Waals surface area contributed by atoms with E-state index in [1.54, 1.807) is 6.26 Å². The normalized spacial score (nSPS) is 12.4. The molecule has 0 fully saturated rings. The molecule has 4 nitrogen and oxygen atoms in total. The first-order valence-electron chi connectivity index (χ1n) is 6.73.